The summed E-state index contributed by atoms with van der Waals surface area (Å²) in [6.07, 6.45) is 6.59. The lowest BCUT2D eigenvalue weighted by atomic mass is 9.85. The fourth-order valence-corrected chi connectivity index (χ4v) is 10.8. The number of nitrogens with zero attached hydrogens (tertiary/aromatic N) is 2. The number of para-hydroxylation sites is 1. The number of aromatic amines is 1. The van der Waals surface area contributed by atoms with Crippen LogP contribution in [0.4, 0.5) is 0 Å². The Bertz CT molecular complexity index is 2760. The lowest BCUT2D eigenvalue weighted by molar-refractivity contribution is -0.142. The summed E-state index contributed by atoms with van der Waals surface area (Å²) in [5.74, 6) is -8.84. The molecule has 2 fully saturated rings. The van der Waals surface area contributed by atoms with Gasteiger partial charge in [-0.3, -0.25) is 52.9 Å². The quantitative estimate of drug-likeness (QED) is 0.0182. The number of aliphatic imine (C=N–C) groups is 1. The predicted octanol–water partition coefficient (Wildman–Crippen LogP) is 0.0355. The molecule has 1 saturated carbocycles. The third-order valence-electron chi connectivity index (χ3n) is 14.5. The molecule has 10 amide bonds. The van der Waals surface area contributed by atoms with Gasteiger partial charge in [0.2, 0.25) is 59.1 Å². The first-order valence-electron chi connectivity index (χ1n) is 27.1. The van der Waals surface area contributed by atoms with E-state index < -0.39 is 119 Å². The van der Waals surface area contributed by atoms with Crippen LogP contribution in [0.1, 0.15) is 102 Å². The van der Waals surface area contributed by atoms with Crippen LogP contribution in [0, 0.1) is 5.92 Å². The van der Waals surface area contributed by atoms with E-state index in [0.29, 0.717) is 23.4 Å². The lowest BCUT2D eigenvalue weighted by Gasteiger charge is -2.32. The average molecular weight is 1180 g/mol. The van der Waals surface area contributed by atoms with Crippen LogP contribution in [0.3, 0.4) is 0 Å². The number of aromatic nitrogens is 1. The molecule has 0 bridgehead atoms. The molecule has 2 aromatic carbocycles. The molecule has 24 nitrogen and oxygen atoms in total. The van der Waals surface area contributed by atoms with Crippen molar-refractivity contribution in [3.8, 4) is 0 Å². The van der Waals surface area contributed by atoms with E-state index in [0.717, 1.165) is 48.6 Å². The maximum absolute atomic E-state index is 14.7. The molecule has 1 aromatic heterocycles. The highest BCUT2D eigenvalue weighted by atomic mass is 35.5. The van der Waals surface area contributed by atoms with E-state index in [9.17, 15) is 47.9 Å². The third-order valence-corrected chi connectivity index (χ3v) is 15.7. The number of nitrogens with one attached hydrogen (secondary N) is 8. The minimum absolute atomic E-state index is 0.0459. The predicted molar refractivity (Wildman–Crippen MR) is 312 cm³/mol. The van der Waals surface area contributed by atoms with E-state index in [-0.39, 0.29) is 69.2 Å². The van der Waals surface area contributed by atoms with Crippen LogP contribution in [0.25, 0.3) is 10.9 Å². The van der Waals surface area contributed by atoms with Gasteiger partial charge in [-0.1, -0.05) is 81.5 Å². The number of benzene rings is 2. The van der Waals surface area contributed by atoms with Gasteiger partial charge in [0.25, 0.3) is 0 Å². The number of halogens is 1. The number of amides is 10. The van der Waals surface area contributed by atoms with Gasteiger partial charge in [0, 0.05) is 65.0 Å². The molecule has 442 valence electrons. The molecule has 0 spiro atoms. The van der Waals surface area contributed by atoms with E-state index in [4.69, 9.17) is 47.2 Å². The van der Waals surface area contributed by atoms with Crippen LogP contribution in [0.5, 0.6) is 0 Å². The lowest BCUT2D eigenvalue weighted by Crippen LogP contribution is -2.61. The molecule has 27 heteroatoms. The smallest absolute Gasteiger partial charge is 0.246 e. The molecule has 1 aliphatic carbocycles. The van der Waals surface area contributed by atoms with Crippen molar-refractivity contribution >= 4 is 113 Å². The number of carbonyl (C=O) groups is 10. The van der Waals surface area contributed by atoms with Gasteiger partial charge in [-0.05, 0) is 73.8 Å². The summed E-state index contributed by atoms with van der Waals surface area (Å²) >= 11 is 15.4. The number of H-pyrrole nitrogens is 1. The molecule has 2 heterocycles. The number of fused-ring (bicyclic) bond motifs is 1. The van der Waals surface area contributed by atoms with Gasteiger partial charge < -0.3 is 70.0 Å². The molecule has 5 rings (SSSR count). The van der Waals surface area contributed by atoms with Crippen LogP contribution in [0.15, 0.2) is 59.7 Å². The van der Waals surface area contributed by atoms with Crippen molar-refractivity contribution in [2.45, 2.75) is 151 Å². The van der Waals surface area contributed by atoms with Crippen molar-refractivity contribution in [3.05, 3.63) is 70.9 Å². The second kappa shape index (κ2) is 31.2. The molecule has 3 aromatic rings. The zero-order valence-corrected chi connectivity index (χ0v) is 48.1. The van der Waals surface area contributed by atoms with Gasteiger partial charge in [0.05, 0.1) is 13.0 Å². The molecule has 1 aliphatic heterocycles. The maximum Gasteiger partial charge on any atom is 0.246 e. The molecule has 81 heavy (non-hydrogen) atoms. The topological polar surface area (TPSA) is 390 Å². The van der Waals surface area contributed by atoms with Crippen molar-refractivity contribution in [1.82, 2.24) is 47.1 Å². The highest BCUT2D eigenvalue weighted by Gasteiger charge is 2.41. The molecule has 8 atom stereocenters. The summed E-state index contributed by atoms with van der Waals surface area (Å²) in [5, 5.41) is 19.9. The summed E-state index contributed by atoms with van der Waals surface area (Å²) in [6, 6.07) is 4.83. The maximum atomic E-state index is 14.7. The molecule has 0 radical (unpaired) electrons. The van der Waals surface area contributed by atoms with Gasteiger partial charge in [-0.25, -0.2) is 0 Å². The number of thiol groups is 2. The van der Waals surface area contributed by atoms with Crippen LogP contribution in [-0.4, -0.2) is 147 Å². The Labute approximate surface area is 486 Å². The number of nitrogens with two attached hydrogens (primary N) is 4. The molecule has 16 N–H and O–H groups in total. The molecule has 2 aliphatic rings. The zero-order valence-electron chi connectivity index (χ0n) is 45.6. The van der Waals surface area contributed by atoms with Gasteiger partial charge in [0.15, 0.2) is 5.96 Å². The largest absolute Gasteiger partial charge is 0.370 e. The molecule has 0 unspecified atom stereocenters. The first kappa shape index (κ1) is 64.8. The zero-order chi connectivity index (χ0) is 59.4. The number of hydrogen-bond donors (Lipinski definition) is 14. The monoisotopic (exact) mass is 1180 g/mol. The summed E-state index contributed by atoms with van der Waals surface area (Å²) in [7, 11) is 0. The summed E-state index contributed by atoms with van der Waals surface area (Å²) in [6.45, 7) is 3.14. The van der Waals surface area contributed by atoms with Crippen molar-refractivity contribution in [2.24, 2.45) is 33.8 Å². The highest BCUT2D eigenvalue weighted by molar-refractivity contribution is 7.81. The summed E-state index contributed by atoms with van der Waals surface area (Å²) in [4.78, 5) is 145. The standard InChI is InChI=1S/C54H77ClN14O10S2/c1-3-30(2)45(51(78)66-39(25-42(56)70)48(75)67-40(29-80)52(79)69-22-10-14-41(69)50(77)64-36(13-9-21-60-53(58)59)46(73)62-28-43(57)71)68-49(76)37(23-31-15-17-33(55)18-16-31)65-47(74)38(24-32-27-61-35-12-6-5-11-34(32)35)63-44(72)26-54(81)19-7-4-8-20-54/h5-6,11-12,15-18,27,30,36-41,45,61,80-81H,3-4,7-10,13-14,19-26,28-29H2,1-2H3,(H2,56,70)(H2,57,71)(H,62,73)(H,63,72)(H,64,77)(H,65,74)(H,66,78)(H,67,75)(H,68,76)(H4,58,59,60)/t30-,36-,37-,38-,39-,40-,41-,45-/m0/s1. The first-order chi connectivity index (χ1) is 38.5. The summed E-state index contributed by atoms with van der Waals surface area (Å²) in [5.41, 5.74) is 23.8. The Morgan fingerprint density at radius 3 is 2.05 bits per heavy atom. The minimum atomic E-state index is -1.69. The Hall–Kier alpha value is -7.06. The van der Waals surface area contributed by atoms with Crippen molar-refractivity contribution in [1.29, 1.82) is 0 Å². The normalized spacial score (nSPS) is 17.3. The first-order valence-corrected chi connectivity index (χ1v) is 28.6. The highest BCUT2D eigenvalue weighted by Crippen LogP contribution is 2.36. The van der Waals surface area contributed by atoms with Crippen LogP contribution >= 0.6 is 36.9 Å². The number of likely N-dealkylation sites (tertiary alicyclic amines) is 1. The fourth-order valence-electron chi connectivity index (χ4n) is 9.92. The second-order valence-electron chi connectivity index (χ2n) is 20.8. The Balaban J connectivity index is 1.34. The Morgan fingerprint density at radius 1 is 0.753 bits per heavy atom. The molecule has 1 saturated heterocycles. The van der Waals surface area contributed by atoms with Crippen LogP contribution in [-0.2, 0) is 60.8 Å². The van der Waals surface area contributed by atoms with Crippen molar-refractivity contribution < 1.29 is 47.9 Å². The second-order valence-corrected chi connectivity index (χ2v) is 22.5. The molecular weight excluding hydrogens is 1100 g/mol. The Kier molecular flexibility index (Phi) is 25.0. The van der Waals surface area contributed by atoms with Gasteiger partial charge in [0.1, 0.15) is 42.3 Å². The van der Waals surface area contributed by atoms with Gasteiger partial charge in [-0.2, -0.15) is 25.3 Å². The van der Waals surface area contributed by atoms with Crippen molar-refractivity contribution in [3.63, 3.8) is 0 Å². The number of rotatable bonds is 30. The van der Waals surface area contributed by atoms with E-state index in [1.165, 1.54) is 4.90 Å². The number of carbonyl (C=O) groups excluding carboxylic acids is 10. The van der Waals surface area contributed by atoms with E-state index in [1.807, 2.05) is 24.3 Å². The van der Waals surface area contributed by atoms with E-state index >= 15 is 0 Å². The average Bonchev–Trinajstić information content (AvgIpc) is 4.09. The number of primary amides is 2. The Morgan fingerprint density at radius 2 is 1.40 bits per heavy atom. The SMILES string of the molecule is CC[C@H](C)[C@H](NC(=O)[C@H](Cc1ccc(Cl)cc1)NC(=O)[C@H](Cc1c[nH]c2ccccc12)NC(=O)CC1(S)CCCCC1)C(=O)N[C@@H](CC(N)=O)C(=O)N[C@@H](CS)C(=O)N1CCC[C@H]1C(=O)N[C@@H](CCCN=C(N)N)C(=O)NCC(N)=O. The third kappa shape index (κ3) is 19.9. The minimum Gasteiger partial charge on any atom is -0.370 e. The number of guanidine groups is 1. The number of hydrogen-bond acceptors (Lipinski definition) is 13. The summed E-state index contributed by atoms with van der Waals surface area (Å²) < 4.78 is -0.546. The van der Waals surface area contributed by atoms with E-state index in [1.54, 1.807) is 44.3 Å². The fraction of sp³-hybridized carbons (Fsp3) is 0.537. The molecular formula is C54H77ClN14O10S2. The van der Waals surface area contributed by atoms with Gasteiger partial charge in [-0.15, -0.1) is 0 Å². The van der Waals surface area contributed by atoms with E-state index in [2.05, 4.69) is 59.8 Å². The van der Waals surface area contributed by atoms with Crippen LogP contribution in [0.2, 0.25) is 5.02 Å². The van der Waals surface area contributed by atoms with Crippen molar-refractivity contribution in [2.75, 3.05) is 25.4 Å². The van der Waals surface area contributed by atoms with Gasteiger partial charge >= 0.3 is 0 Å². The van der Waals surface area contributed by atoms with Crippen LogP contribution < -0.4 is 60.2 Å².